The van der Waals surface area contributed by atoms with Gasteiger partial charge < -0.3 is 4.90 Å². The van der Waals surface area contributed by atoms with Crippen molar-refractivity contribution in [3.05, 3.63) is 80.7 Å². The van der Waals surface area contributed by atoms with Gasteiger partial charge in [0.25, 0.3) is 11.8 Å². The van der Waals surface area contributed by atoms with Crippen molar-refractivity contribution >= 4 is 40.2 Å². The van der Waals surface area contributed by atoms with Crippen LogP contribution >= 0.6 is 22.7 Å². The van der Waals surface area contributed by atoms with E-state index in [2.05, 4.69) is 17.0 Å². The summed E-state index contributed by atoms with van der Waals surface area (Å²) >= 11 is 3.32. The van der Waals surface area contributed by atoms with Crippen molar-refractivity contribution in [1.29, 1.82) is 0 Å². The number of hydrogen-bond acceptors (Lipinski definition) is 6. The number of carbonyl (C=O) groups excluding carboxylic acids is 2. The van der Waals surface area contributed by atoms with Gasteiger partial charge in [-0.25, -0.2) is 5.01 Å². The van der Waals surface area contributed by atoms with Crippen LogP contribution < -0.4 is 0 Å². The van der Waals surface area contributed by atoms with Crippen molar-refractivity contribution in [3.63, 3.8) is 0 Å². The van der Waals surface area contributed by atoms with Crippen molar-refractivity contribution in [2.24, 2.45) is 5.10 Å². The Morgan fingerprint density at radius 3 is 2.34 bits per heavy atom. The highest BCUT2D eigenvalue weighted by atomic mass is 32.1. The second-order valence-electron chi connectivity index (χ2n) is 7.93. The summed E-state index contributed by atoms with van der Waals surface area (Å²) in [6, 6.07) is 17.5. The van der Waals surface area contributed by atoms with Crippen molar-refractivity contribution in [2.75, 3.05) is 32.7 Å². The van der Waals surface area contributed by atoms with E-state index in [1.54, 1.807) is 27.7 Å². The van der Waals surface area contributed by atoms with Gasteiger partial charge in [0.2, 0.25) is 0 Å². The number of amides is 2. The number of nitrogens with zero attached hydrogens (tertiary/aromatic N) is 4. The minimum Gasteiger partial charge on any atom is -0.336 e. The summed E-state index contributed by atoms with van der Waals surface area (Å²) in [5.41, 5.74) is 1.69. The lowest BCUT2D eigenvalue weighted by atomic mass is 10.1. The quantitative estimate of drug-likeness (QED) is 0.575. The third kappa shape index (κ3) is 4.39. The Labute approximate surface area is 195 Å². The van der Waals surface area contributed by atoms with Gasteiger partial charge in [-0.1, -0.05) is 30.3 Å². The predicted molar refractivity (Wildman–Crippen MR) is 128 cm³/mol. The molecule has 1 fully saturated rings. The molecule has 0 N–H and O–H groups in total. The molecule has 6 nitrogen and oxygen atoms in total. The third-order valence-corrected chi connectivity index (χ3v) is 7.77. The molecule has 2 aliphatic heterocycles. The fourth-order valence-corrected chi connectivity index (χ4v) is 5.70. The van der Waals surface area contributed by atoms with Crippen LogP contribution in [0.4, 0.5) is 0 Å². The van der Waals surface area contributed by atoms with Gasteiger partial charge in [-0.05, 0) is 35.0 Å². The number of hydrogen-bond donors (Lipinski definition) is 0. The van der Waals surface area contributed by atoms with E-state index in [9.17, 15) is 9.59 Å². The van der Waals surface area contributed by atoms with E-state index in [1.165, 1.54) is 0 Å². The highest BCUT2D eigenvalue weighted by Crippen LogP contribution is 2.36. The lowest BCUT2D eigenvalue weighted by Gasteiger charge is -2.35. The predicted octanol–water partition coefficient (Wildman–Crippen LogP) is 3.95. The Hall–Kier alpha value is -2.81. The van der Waals surface area contributed by atoms with Crippen LogP contribution in [0.15, 0.2) is 70.5 Å². The second-order valence-corrected chi connectivity index (χ2v) is 9.86. The number of carbonyl (C=O) groups is 2. The Kier molecular flexibility index (Phi) is 6.16. The first kappa shape index (κ1) is 21.1. The van der Waals surface area contributed by atoms with Gasteiger partial charge in [0.15, 0.2) is 0 Å². The molecular formula is C24H24N4O2S2. The van der Waals surface area contributed by atoms with E-state index in [-0.39, 0.29) is 17.9 Å². The minimum atomic E-state index is -0.0412. The first-order valence-corrected chi connectivity index (χ1v) is 12.5. The van der Waals surface area contributed by atoms with Crippen LogP contribution in [0.2, 0.25) is 0 Å². The summed E-state index contributed by atoms with van der Waals surface area (Å²) in [4.78, 5) is 32.2. The third-order valence-electron chi connectivity index (χ3n) is 5.88. The van der Waals surface area contributed by atoms with Crippen molar-refractivity contribution in [1.82, 2.24) is 14.8 Å². The maximum absolute atomic E-state index is 13.3. The molecule has 0 spiro atoms. The molecule has 3 aromatic rings. The summed E-state index contributed by atoms with van der Waals surface area (Å²) in [5.74, 6) is 0.0665. The molecule has 0 bridgehead atoms. The van der Waals surface area contributed by atoms with E-state index >= 15 is 0 Å². The number of benzene rings is 1. The molecule has 0 radical (unpaired) electrons. The van der Waals surface area contributed by atoms with Crippen LogP contribution in [-0.2, 0) is 4.79 Å². The van der Waals surface area contributed by atoms with Crippen molar-refractivity contribution in [3.8, 4) is 0 Å². The minimum absolute atomic E-state index is 0.0118. The van der Waals surface area contributed by atoms with Crippen molar-refractivity contribution < 1.29 is 9.59 Å². The van der Waals surface area contributed by atoms with Gasteiger partial charge in [-0.3, -0.25) is 14.5 Å². The van der Waals surface area contributed by atoms with E-state index in [1.807, 2.05) is 58.1 Å². The molecular weight excluding hydrogens is 440 g/mol. The van der Waals surface area contributed by atoms with Crippen LogP contribution in [0.25, 0.3) is 0 Å². The fraction of sp³-hybridized carbons (Fsp3) is 0.292. The van der Waals surface area contributed by atoms with Crippen molar-refractivity contribution in [2.45, 2.75) is 12.5 Å². The monoisotopic (exact) mass is 464 g/mol. The van der Waals surface area contributed by atoms with E-state index in [0.29, 0.717) is 38.3 Å². The second kappa shape index (κ2) is 9.36. The van der Waals surface area contributed by atoms with Gasteiger partial charge in [-0.15, -0.1) is 22.7 Å². The molecule has 164 valence electrons. The van der Waals surface area contributed by atoms with Gasteiger partial charge >= 0.3 is 0 Å². The highest BCUT2D eigenvalue weighted by molar-refractivity contribution is 7.12. The van der Waals surface area contributed by atoms with Crippen LogP contribution in [0.5, 0.6) is 0 Å². The highest BCUT2D eigenvalue weighted by Gasteiger charge is 2.35. The van der Waals surface area contributed by atoms with Crippen LogP contribution in [-0.4, -0.2) is 65.1 Å². The van der Waals surface area contributed by atoms with E-state index in [4.69, 9.17) is 5.10 Å². The molecule has 32 heavy (non-hydrogen) atoms. The van der Waals surface area contributed by atoms with Gasteiger partial charge in [0, 0.05) is 43.0 Å². The summed E-state index contributed by atoms with van der Waals surface area (Å²) in [6.07, 6.45) is 0.742. The SMILES string of the molecule is O=C(c1ccccc1)N1CCN(CC(=O)N2N=C(c3cccs3)CC2c2cccs2)CC1. The molecule has 0 saturated carbocycles. The van der Waals surface area contributed by atoms with E-state index in [0.717, 1.165) is 21.9 Å². The molecule has 1 aromatic carbocycles. The standard InChI is InChI=1S/C24H24N4O2S2/c29-23(17-26-10-12-27(13-11-26)24(30)18-6-2-1-3-7-18)28-20(22-9-5-15-32-22)16-19(25-28)21-8-4-14-31-21/h1-9,14-15,20H,10-13,16-17H2. The summed E-state index contributed by atoms with van der Waals surface area (Å²) < 4.78 is 0. The molecule has 1 atom stereocenters. The summed E-state index contributed by atoms with van der Waals surface area (Å²) in [5, 5.41) is 10.5. The zero-order valence-corrected chi connectivity index (χ0v) is 19.2. The average Bonchev–Trinajstić information content (AvgIpc) is 3.61. The summed E-state index contributed by atoms with van der Waals surface area (Å²) in [7, 11) is 0. The Balaban J connectivity index is 1.23. The molecule has 0 aliphatic carbocycles. The maximum atomic E-state index is 13.3. The zero-order chi connectivity index (χ0) is 21.9. The lowest BCUT2D eigenvalue weighted by Crippen LogP contribution is -2.51. The molecule has 2 aliphatic rings. The van der Waals surface area contributed by atoms with Gasteiger partial charge in [0.05, 0.1) is 23.2 Å². The van der Waals surface area contributed by atoms with Gasteiger partial charge in [0.1, 0.15) is 0 Å². The fourth-order valence-electron chi connectivity index (χ4n) is 4.17. The normalized spacial score (nSPS) is 19.2. The first-order valence-electron chi connectivity index (χ1n) is 10.7. The maximum Gasteiger partial charge on any atom is 0.257 e. The first-order chi connectivity index (χ1) is 15.7. The topological polar surface area (TPSA) is 56.2 Å². The largest absolute Gasteiger partial charge is 0.336 e. The van der Waals surface area contributed by atoms with Crippen LogP contribution in [0.1, 0.15) is 32.6 Å². The zero-order valence-electron chi connectivity index (χ0n) is 17.6. The molecule has 1 saturated heterocycles. The molecule has 2 amide bonds. The Bertz CT molecular complexity index is 1090. The summed E-state index contributed by atoms with van der Waals surface area (Å²) in [6.45, 7) is 2.93. The Morgan fingerprint density at radius 2 is 1.66 bits per heavy atom. The molecule has 1 unspecified atom stereocenters. The van der Waals surface area contributed by atoms with E-state index < -0.39 is 0 Å². The number of hydrazone groups is 1. The average molecular weight is 465 g/mol. The number of thiophene rings is 2. The lowest BCUT2D eigenvalue weighted by molar-refractivity contribution is -0.134. The number of rotatable bonds is 5. The van der Waals surface area contributed by atoms with Crippen LogP contribution in [0, 0.1) is 0 Å². The van der Waals surface area contributed by atoms with Crippen LogP contribution in [0.3, 0.4) is 0 Å². The smallest absolute Gasteiger partial charge is 0.257 e. The molecule has 2 aromatic heterocycles. The molecule has 8 heteroatoms. The van der Waals surface area contributed by atoms with Gasteiger partial charge in [-0.2, -0.15) is 5.10 Å². The molecule has 4 heterocycles. The molecule has 5 rings (SSSR count). The Morgan fingerprint density at radius 1 is 0.906 bits per heavy atom. The number of piperazine rings is 1.